The number of ether oxygens (including phenoxy) is 1. The van der Waals surface area contributed by atoms with Gasteiger partial charge in [-0.15, -0.1) is 10.2 Å². The molecule has 0 saturated carbocycles. The summed E-state index contributed by atoms with van der Waals surface area (Å²) in [6.07, 6.45) is 5.88. The Kier molecular flexibility index (Phi) is 9.06. The zero-order valence-electron chi connectivity index (χ0n) is 19.3. The number of fused-ring (bicyclic) bond motifs is 1. The number of hydrogen-bond acceptors (Lipinski definition) is 5. The molecule has 0 unspecified atom stereocenters. The van der Waals surface area contributed by atoms with Crippen LogP contribution in [-0.4, -0.2) is 53.2 Å². The third-order valence-corrected chi connectivity index (χ3v) is 5.82. The Balaban J connectivity index is 1.47. The Morgan fingerprint density at radius 1 is 1.26 bits per heavy atom. The molecule has 2 heterocycles. The molecule has 0 amide bonds. The SMILES string of the molecule is CCNC(=NCCCc1nnc(SC)n1CC(C)C)NCCc1ccc2c(c1)CCO2. The van der Waals surface area contributed by atoms with Crippen LogP contribution in [0.5, 0.6) is 5.75 Å². The molecule has 170 valence electrons. The fraction of sp³-hybridized carbons (Fsp3) is 0.609. The molecule has 3 rings (SSSR count). The maximum atomic E-state index is 5.59. The molecular formula is C23H36N6OS. The summed E-state index contributed by atoms with van der Waals surface area (Å²) in [5.41, 5.74) is 2.66. The van der Waals surface area contributed by atoms with Crippen LogP contribution in [0, 0.1) is 5.92 Å². The lowest BCUT2D eigenvalue weighted by Gasteiger charge is -2.12. The molecule has 1 aliphatic heterocycles. The van der Waals surface area contributed by atoms with Gasteiger partial charge in [-0.3, -0.25) is 4.99 Å². The van der Waals surface area contributed by atoms with Gasteiger partial charge >= 0.3 is 0 Å². The van der Waals surface area contributed by atoms with E-state index in [-0.39, 0.29) is 0 Å². The quantitative estimate of drug-likeness (QED) is 0.240. The van der Waals surface area contributed by atoms with Gasteiger partial charge < -0.3 is 19.9 Å². The Hall–Kier alpha value is -2.22. The van der Waals surface area contributed by atoms with E-state index in [1.165, 1.54) is 11.1 Å². The minimum Gasteiger partial charge on any atom is -0.493 e. The standard InChI is InChI=1S/C23H36N6OS/c1-5-24-22(26-13-10-18-8-9-20-19(15-18)11-14-30-20)25-12-6-7-21-27-28-23(31-4)29(21)16-17(2)3/h8-9,15,17H,5-7,10-14,16H2,1-4H3,(H2,24,25,26). The fourth-order valence-electron chi connectivity index (χ4n) is 3.69. The van der Waals surface area contributed by atoms with Crippen molar-refractivity contribution in [1.29, 1.82) is 0 Å². The maximum Gasteiger partial charge on any atom is 0.191 e. The molecule has 0 atom stereocenters. The normalized spacial score (nSPS) is 13.4. The van der Waals surface area contributed by atoms with Gasteiger partial charge in [-0.1, -0.05) is 37.7 Å². The van der Waals surface area contributed by atoms with Crippen LogP contribution in [0.25, 0.3) is 0 Å². The summed E-state index contributed by atoms with van der Waals surface area (Å²) in [6.45, 7) is 10.8. The molecule has 1 aromatic heterocycles. The molecule has 31 heavy (non-hydrogen) atoms. The number of guanidine groups is 1. The number of nitrogens with one attached hydrogen (secondary N) is 2. The zero-order valence-corrected chi connectivity index (χ0v) is 20.1. The molecule has 0 bridgehead atoms. The van der Waals surface area contributed by atoms with Crippen LogP contribution in [0.3, 0.4) is 0 Å². The first kappa shape index (κ1) is 23.4. The molecule has 2 N–H and O–H groups in total. The van der Waals surface area contributed by atoms with E-state index in [1.807, 2.05) is 0 Å². The number of nitrogens with zero attached hydrogens (tertiary/aromatic N) is 4. The van der Waals surface area contributed by atoms with E-state index in [1.54, 1.807) is 11.8 Å². The van der Waals surface area contributed by atoms with Crippen LogP contribution in [0.4, 0.5) is 0 Å². The summed E-state index contributed by atoms with van der Waals surface area (Å²) in [7, 11) is 0. The second-order valence-corrected chi connectivity index (χ2v) is 8.96. The zero-order chi connectivity index (χ0) is 22.1. The molecule has 2 aromatic rings. The van der Waals surface area contributed by atoms with Crippen LogP contribution in [-0.2, 0) is 25.8 Å². The lowest BCUT2D eigenvalue weighted by molar-refractivity contribution is 0.357. The molecule has 0 saturated heterocycles. The fourth-order valence-corrected chi connectivity index (χ4v) is 4.22. The summed E-state index contributed by atoms with van der Waals surface area (Å²) < 4.78 is 7.85. The molecule has 1 aliphatic rings. The van der Waals surface area contributed by atoms with Gasteiger partial charge in [0.1, 0.15) is 11.6 Å². The number of thioether (sulfide) groups is 1. The molecule has 7 nitrogen and oxygen atoms in total. The number of aromatic nitrogens is 3. The largest absolute Gasteiger partial charge is 0.493 e. The summed E-state index contributed by atoms with van der Waals surface area (Å²) in [5, 5.41) is 16.5. The Labute approximate surface area is 190 Å². The van der Waals surface area contributed by atoms with Crippen molar-refractivity contribution in [2.75, 3.05) is 32.5 Å². The van der Waals surface area contributed by atoms with Crippen molar-refractivity contribution in [2.45, 2.75) is 58.2 Å². The first-order valence-corrected chi connectivity index (χ1v) is 12.6. The summed E-state index contributed by atoms with van der Waals surface area (Å²) >= 11 is 1.66. The minimum atomic E-state index is 0.571. The van der Waals surface area contributed by atoms with E-state index in [4.69, 9.17) is 9.73 Å². The van der Waals surface area contributed by atoms with Crippen LogP contribution in [0.1, 0.15) is 44.1 Å². The van der Waals surface area contributed by atoms with E-state index in [0.717, 1.165) is 81.2 Å². The highest BCUT2D eigenvalue weighted by molar-refractivity contribution is 7.98. The predicted molar refractivity (Wildman–Crippen MR) is 128 cm³/mol. The Morgan fingerprint density at radius 2 is 2.13 bits per heavy atom. The van der Waals surface area contributed by atoms with Gasteiger partial charge in [-0.2, -0.15) is 0 Å². The van der Waals surface area contributed by atoms with Crippen molar-refractivity contribution in [2.24, 2.45) is 10.9 Å². The van der Waals surface area contributed by atoms with Crippen molar-refractivity contribution in [3.63, 3.8) is 0 Å². The van der Waals surface area contributed by atoms with Gasteiger partial charge in [0, 0.05) is 39.0 Å². The third-order valence-electron chi connectivity index (χ3n) is 5.16. The van der Waals surface area contributed by atoms with Crippen molar-refractivity contribution < 1.29 is 4.74 Å². The van der Waals surface area contributed by atoms with Crippen molar-refractivity contribution in [3.05, 3.63) is 35.2 Å². The first-order chi connectivity index (χ1) is 15.1. The van der Waals surface area contributed by atoms with Gasteiger partial charge in [-0.25, -0.2) is 0 Å². The summed E-state index contributed by atoms with van der Waals surface area (Å²) in [4.78, 5) is 4.75. The monoisotopic (exact) mass is 444 g/mol. The van der Waals surface area contributed by atoms with E-state index in [0.29, 0.717) is 5.92 Å². The van der Waals surface area contributed by atoms with Crippen LogP contribution < -0.4 is 15.4 Å². The number of benzene rings is 1. The maximum absolute atomic E-state index is 5.59. The van der Waals surface area contributed by atoms with Gasteiger partial charge in [0.2, 0.25) is 0 Å². The van der Waals surface area contributed by atoms with E-state index < -0.39 is 0 Å². The molecule has 1 aromatic carbocycles. The van der Waals surface area contributed by atoms with Gasteiger partial charge in [0.05, 0.1) is 6.61 Å². The van der Waals surface area contributed by atoms with Crippen LogP contribution in [0.15, 0.2) is 28.3 Å². The number of aryl methyl sites for hydroxylation is 1. The summed E-state index contributed by atoms with van der Waals surface area (Å²) in [5.74, 6) is 3.55. The molecule has 8 heteroatoms. The average molecular weight is 445 g/mol. The van der Waals surface area contributed by atoms with E-state index >= 15 is 0 Å². The first-order valence-electron chi connectivity index (χ1n) is 11.3. The molecule has 0 radical (unpaired) electrons. The number of aliphatic imine (C=N–C) groups is 1. The summed E-state index contributed by atoms with van der Waals surface area (Å²) in [6, 6.07) is 6.52. The highest BCUT2D eigenvalue weighted by Crippen LogP contribution is 2.25. The minimum absolute atomic E-state index is 0.571. The molecule has 0 fully saturated rings. The van der Waals surface area contributed by atoms with E-state index in [2.05, 4.69) is 70.6 Å². The van der Waals surface area contributed by atoms with Gasteiger partial charge in [0.25, 0.3) is 0 Å². The predicted octanol–water partition coefficient (Wildman–Crippen LogP) is 3.32. The second kappa shape index (κ2) is 12.0. The third kappa shape index (κ3) is 6.89. The van der Waals surface area contributed by atoms with Gasteiger partial charge in [-0.05, 0) is 49.1 Å². The van der Waals surface area contributed by atoms with E-state index in [9.17, 15) is 0 Å². The van der Waals surface area contributed by atoms with Crippen LogP contribution >= 0.6 is 11.8 Å². The topological polar surface area (TPSA) is 76.4 Å². The highest BCUT2D eigenvalue weighted by atomic mass is 32.2. The van der Waals surface area contributed by atoms with Crippen molar-refractivity contribution >= 4 is 17.7 Å². The number of hydrogen-bond donors (Lipinski definition) is 2. The Bertz CT molecular complexity index is 864. The highest BCUT2D eigenvalue weighted by Gasteiger charge is 2.13. The van der Waals surface area contributed by atoms with Crippen molar-refractivity contribution in [3.8, 4) is 5.75 Å². The van der Waals surface area contributed by atoms with Crippen molar-refractivity contribution in [1.82, 2.24) is 25.4 Å². The molecule has 0 spiro atoms. The second-order valence-electron chi connectivity index (χ2n) is 8.19. The smallest absolute Gasteiger partial charge is 0.191 e. The average Bonchev–Trinajstić information content (AvgIpc) is 3.37. The number of rotatable bonds is 11. The van der Waals surface area contributed by atoms with Crippen LogP contribution in [0.2, 0.25) is 0 Å². The molecule has 0 aliphatic carbocycles. The lowest BCUT2D eigenvalue weighted by Crippen LogP contribution is -2.38. The van der Waals surface area contributed by atoms with Gasteiger partial charge in [0.15, 0.2) is 11.1 Å². The lowest BCUT2D eigenvalue weighted by atomic mass is 10.1. The molecular weight excluding hydrogens is 408 g/mol. The Morgan fingerprint density at radius 3 is 2.90 bits per heavy atom.